The number of phenolic OH excluding ortho intramolecular Hbond substituents is 1. The number of phenols is 1. The number of aromatic hydroxyl groups is 1. The van der Waals surface area contributed by atoms with Gasteiger partial charge in [0, 0.05) is 17.4 Å². The van der Waals surface area contributed by atoms with Crippen LogP contribution in [-0.2, 0) is 6.42 Å². The zero-order chi connectivity index (χ0) is 22.2. The molecule has 0 unspecified atom stereocenters. The van der Waals surface area contributed by atoms with Crippen molar-refractivity contribution in [1.29, 1.82) is 0 Å². The highest BCUT2D eigenvalue weighted by molar-refractivity contribution is 6.21. The van der Waals surface area contributed by atoms with Crippen molar-refractivity contribution in [3.63, 3.8) is 0 Å². The molecule has 0 fully saturated rings. The number of carbonyl (C=O) groups excluding carboxylic acids is 3. The number of nitrogens with zero attached hydrogens (tertiary/aromatic N) is 1. The minimum absolute atomic E-state index is 0.0375. The molecule has 2 heterocycles. The third-order valence-corrected chi connectivity index (χ3v) is 5.66. The molecular weight excluding hydrogens is 406 g/mol. The number of amides is 3. The van der Waals surface area contributed by atoms with Crippen molar-refractivity contribution in [2.24, 2.45) is 0 Å². The van der Waals surface area contributed by atoms with Crippen molar-refractivity contribution in [2.75, 3.05) is 11.9 Å². The molecule has 3 aromatic carbocycles. The number of hydrogen-bond donors (Lipinski definition) is 3. The average Bonchev–Trinajstić information content (AvgIpc) is 3.30. The first-order chi connectivity index (χ1) is 15.5. The van der Waals surface area contributed by atoms with E-state index in [2.05, 4.69) is 10.3 Å². The molecule has 0 atom stereocenters. The molecule has 32 heavy (non-hydrogen) atoms. The van der Waals surface area contributed by atoms with Crippen LogP contribution in [0.1, 0.15) is 36.8 Å². The number of nitrogens with one attached hydrogen (secondary N) is 2. The molecule has 5 rings (SSSR count). The fourth-order valence-electron chi connectivity index (χ4n) is 4.08. The van der Waals surface area contributed by atoms with Crippen LogP contribution in [0.3, 0.4) is 0 Å². The van der Waals surface area contributed by atoms with Crippen LogP contribution < -0.4 is 5.32 Å². The summed E-state index contributed by atoms with van der Waals surface area (Å²) < 4.78 is 0. The zero-order valence-electron chi connectivity index (χ0n) is 17.0. The van der Waals surface area contributed by atoms with Gasteiger partial charge in [-0.2, -0.15) is 0 Å². The standard InChI is InChI=1S/C25H19N3O4/c29-21-12-6-5-11-20(21)27-23(30)22-16(15-7-3-4-10-19(15)26-22)13-14-28-24(31)17-8-1-2-9-18(17)25(28)32/h1-12,26,29H,13-14H2,(H,27,30). The van der Waals surface area contributed by atoms with E-state index in [0.717, 1.165) is 10.9 Å². The lowest BCUT2D eigenvalue weighted by atomic mass is 10.1. The SMILES string of the molecule is O=C(Nc1ccccc1O)c1[nH]c2ccccc2c1CCN1C(=O)c2ccccc2C1=O. The molecule has 0 bridgehead atoms. The third kappa shape index (κ3) is 3.20. The van der Waals surface area contributed by atoms with E-state index in [1.165, 1.54) is 11.0 Å². The molecule has 3 amide bonds. The van der Waals surface area contributed by atoms with Crippen LogP contribution >= 0.6 is 0 Å². The first-order valence-electron chi connectivity index (χ1n) is 10.2. The highest BCUT2D eigenvalue weighted by Gasteiger charge is 2.35. The second-order valence-electron chi connectivity index (χ2n) is 7.55. The maximum Gasteiger partial charge on any atom is 0.272 e. The van der Waals surface area contributed by atoms with Gasteiger partial charge in [-0.05, 0) is 42.3 Å². The van der Waals surface area contributed by atoms with Gasteiger partial charge < -0.3 is 15.4 Å². The first kappa shape index (κ1) is 19.6. The third-order valence-electron chi connectivity index (χ3n) is 5.66. The highest BCUT2D eigenvalue weighted by atomic mass is 16.3. The molecule has 3 N–H and O–H groups in total. The van der Waals surface area contributed by atoms with Crippen molar-refractivity contribution >= 4 is 34.3 Å². The molecule has 0 aliphatic carbocycles. The van der Waals surface area contributed by atoms with E-state index in [1.807, 2.05) is 24.3 Å². The van der Waals surface area contributed by atoms with Crippen LogP contribution in [0, 0.1) is 0 Å². The van der Waals surface area contributed by atoms with Crippen molar-refractivity contribution in [2.45, 2.75) is 6.42 Å². The number of fused-ring (bicyclic) bond motifs is 2. The summed E-state index contributed by atoms with van der Waals surface area (Å²) in [6.07, 6.45) is 0.305. The summed E-state index contributed by atoms with van der Waals surface area (Å²) in [5, 5.41) is 13.6. The van der Waals surface area contributed by atoms with E-state index in [-0.39, 0.29) is 24.1 Å². The number of para-hydroxylation sites is 3. The average molecular weight is 425 g/mol. The summed E-state index contributed by atoms with van der Waals surface area (Å²) >= 11 is 0. The first-order valence-corrected chi connectivity index (χ1v) is 10.2. The maximum atomic E-state index is 13.1. The van der Waals surface area contributed by atoms with Gasteiger partial charge in [0.25, 0.3) is 17.7 Å². The summed E-state index contributed by atoms with van der Waals surface area (Å²) in [5.41, 5.74) is 2.88. The van der Waals surface area contributed by atoms with Gasteiger partial charge >= 0.3 is 0 Å². The van der Waals surface area contributed by atoms with Gasteiger partial charge in [0.15, 0.2) is 0 Å². The van der Waals surface area contributed by atoms with E-state index in [4.69, 9.17) is 0 Å². The summed E-state index contributed by atoms with van der Waals surface area (Å²) in [6.45, 7) is 0.144. The number of carbonyl (C=O) groups is 3. The Morgan fingerprint density at radius 3 is 2.22 bits per heavy atom. The molecule has 0 saturated carbocycles. The van der Waals surface area contributed by atoms with E-state index in [9.17, 15) is 19.5 Å². The Bertz CT molecular complexity index is 1350. The minimum atomic E-state index is -0.417. The van der Waals surface area contributed by atoms with Crippen molar-refractivity contribution < 1.29 is 19.5 Å². The summed E-state index contributed by atoms with van der Waals surface area (Å²) in [7, 11) is 0. The Kier molecular flexibility index (Phi) is 4.71. The zero-order valence-corrected chi connectivity index (χ0v) is 17.0. The molecule has 158 valence electrons. The lowest BCUT2D eigenvalue weighted by Crippen LogP contribution is -2.32. The molecular formula is C25H19N3O4. The number of benzene rings is 3. The lowest BCUT2D eigenvalue weighted by molar-refractivity contribution is 0.0656. The Balaban J connectivity index is 1.45. The van der Waals surface area contributed by atoms with Gasteiger partial charge in [-0.1, -0.05) is 42.5 Å². The molecule has 4 aromatic rings. The van der Waals surface area contributed by atoms with Gasteiger partial charge in [-0.3, -0.25) is 19.3 Å². The highest BCUT2D eigenvalue weighted by Crippen LogP contribution is 2.28. The summed E-state index contributed by atoms with van der Waals surface area (Å²) in [4.78, 5) is 42.9. The predicted octanol–water partition coefficient (Wildman–Crippen LogP) is 3.96. The topological polar surface area (TPSA) is 102 Å². The van der Waals surface area contributed by atoms with Crippen molar-refractivity contribution in [3.8, 4) is 5.75 Å². The van der Waals surface area contributed by atoms with Crippen molar-refractivity contribution in [3.05, 3.63) is 95.2 Å². The molecule has 1 aromatic heterocycles. The van der Waals surface area contributed by atoms with Crippen LogP contribution in [0.4, 0.5) is 5.69 Å². The number of imide groups is 1. The van der Waals surface area contributed by atoms with Gasteiger partial charge in [-0.25, -0.2) is 0 Å². The minimum Gasteiger partial charge on any atom is -0.506 e. The van der Waals surface area contributed by atoms with Crippen LogP contribution in [0.2, 0.25) is 0 Å². The van der Waals surface area contributed by atoms with Crippen LogP contribution in [0.5, 0.6) is 5.75 Å². The predicted molar refractivity (Wildman–Crippen MR) is 120 cm³/mol. The number of rotatable bonds is 5. The number of aromatic nitrogens is 1. The second kappa shape index (κ2) is 7.70. The lowest BCUT2D eigenvalue weighted by Gasteiger charge is -2.14. The quantitative estimate of drug-likeness (QED) is 0.333. The molecule has 1 aliphatic rings. The van der Waals surface area contributed by atoms with Crippen molar-refractivity contribution in [1.82, 2.24) is 9.88 Å². The maximum absolute atomic E-state index is 13.1. The van der Waals surface area contributed by atoms with Crippen LogP contribution in [0.15, 0.2) is 72.8 Å². The second-order valence-corrected chi connectivity index (χ2v) is 7.55. The van der Waals surface area contributed by atoms with Crippen LogP contribution in [-0.4, -0.2) is 39.3 Å². The summed E-state index contributed by atoms with van der Waals surface area (Å²) in [6, 6.07) is 20.7. The summed E-state index contributed by atoms with van der Waals surface area (Å²) in [5.74, 6) is -1.11. The largest absolute Gasteiger partial charge is 0.506 e. The fourth-order valence-corrected chi connectivity index (χ4v) is 4.08. The smallest absolute Gasteiger partial charge is 0.272 e. The van der Waals surface area contributed by atoms with E-state index in [0.29, 0.717) is 34.5 Å². The number of anilines is 1. The Morgan fingerprint density at radius 1 is 0.875 bits per heavy atom. The molecule has 1 aliphatic heterocycles. The van der Waals surface area contributed by atoms with Gasteiger partial charge in [0.1, 0.15) is 11.4 Å². The Morgan fingerprint density at radius 2 is 1.50 bits per heavy atom. The number of H-pyrrole nitrogens is 1. The normalized spacial score (nSPS) is 12.9. The van der Waals surface area contributed by atoms with Gasteiger partial charge in [-0.15, -0.1) is 0 Å². The number of aromatic amines is 1. The Labute approximate surface area is 183 Å². The monoisotopic (exact) mass is 425 g/mol. The molecule has 0 radical (unpaired) electrons. The molecule has 0 spiro atoms. The molecule has 7 heteroatoms. The Hall–Kier alpha value is -4.39. The molecule has 7 nitrogen and oxygen atoms in total. The van der Waals surface area contributed by atoms with Gasteiger partial charge in [0.2, 0.25) is 0 Å². The van der Waals surface area contributed by atoms with E-state index >= 15 is 0 Å². The molecule has 0 saturated heterocycles. The van der Waals surface area contributed by atoms with Crippen LogP contribution in [0.25, 0.3) is 10.9 Å². The fraction of sp³-hybridized carbons (Fsp3) is 0.0800. The van der Waals surface area contributed by atoms with E-state index in [1.54, 1.807) is 42.5 Å². The van der Waals surface area contributed by atoms with Gasteiger partial charge in [0.05, 0.1) is 16.8 Å². The van der Waals surface area contributed by atoms with E-state index < -0.39 is 5.91 Å². The number of hydrogen-bond acceptors (Lipinski definition) is 4.